The molecule has 0 spiro atoms. The van der Waals surface area contributed by atoms with Crippen molar-refractivity contribution in [3.05, 3.63) is 0 Å². The highest BCUT2D eigenvalue weighted by Gasteiger charge is 2.43. The first kappa shape index (κ1) is 6.83. The highest BCUT2D eigenvalue weighted by atomic mass is 16.2. The summed E-state index contributed by atoms with van der Waals surface area (Å²) >= 11 is 0. The number of nitrogens with one attached hydrogen (secondary N) is 1. The minimum Gasteiger partial charge on any atom is -0.272 e. The molecule has 1 atom stereocenters. The minimum absolute atomic E-state index is 0.0900. The van der Waals surface area contributed by atoms with Crippen molar-refractivity contribution < 1.29 is 4.79 Å². The largest absolute Gasteiger partial charge is 0.272 e. The number of rotatable bonds is 0. The molecule has 1 amide bonds. The van der Waals surface area contributed by atoms with Crippen LogP contribution in [-0.2, 0) is 4.79 Å². The Balaban J connectivity index is 2.32. The fraction of sp³-hybridized carbons (Fsp3) is 0.750. The van der Waals surface area contributed by atoms with Gasteiger partial charge in [-0.1, -0.05) is 6.42 Å². The molecular weight excluding hydrogens is 140 g/mol. The number of carbonyl (C=O) groups is 1. The maximum atomic E-state index is 11.3. The van der Waals surface area contributed by atoms with Gasteiger partial charge in [0.05, 0.1) is 11.1 Å². The van der Waals surface area contributed by atoms with E-state index in [2.05, 4.69) is 10.5 Å². The molecule has 60 valence electrons. The van der Waals surface area contributed by atoms with Gasteiger partial charge in [-0.15, -0.1) is 0 Å². The lowest BCUT2D eigenvalue weighted by atomic mass is 9.74. The van der Waals surface area contributed by atoms with Crippen molar-refractivity contribution in [2.24, 2.45) is 10.5 Å². The third-order valence-electron chi connectivity index (χ3n) is 2.77. The lowest BCUT2D eigenvalue weighted by molar-refractivity contribution is -0.126. The normalized spacial score (nSPS) is 36.1. The van der Waals surface area contributed by atoms with Crippen LogP contribution in [-0.4, -0.2) is 11.6 Å². The molecule has 3 nitrogen and oxygen atoms in total. The molecule has 2 rings (SSSR count). The van der Waals surface area contributed by atoms with Crippen LogP contribution in [0.2, 0.25) is 0 Å². The average Bonchev–Trinajstić information content (AvgIpc) is 2.29. The molecular formula is C8H12N2O. The first-order valence-corrected chi connectivity index (χ1v) is 4.11. The first-order chi connectivity index (χ1) is 5.23. The Labute approximate surface area is 65.9 Å². The van der Waals surface area contributed by atoms with Gasteiger partial charge in [0.1, 0.15) is 0 Å². The Hall–Kier alpha value is -0.860. The van der Waals surface area contributed by atoms with E-state index >= 15 is 0 Å². The summed E-state index contributed by atoms with van der Waals surface area (Å²) in [6, 6.07) is 0. The second-order valence-corrected chi connectivity index (χ2v) is 3.54. The van der Waals surface area contributed by atoms with Gasteiger partial charge in [0.25, 0.3) is 5.91 Å². The SMILES string of the molecule is C[C@]12CCCCC1=NNC2=O. The lowest BCUT2D eigenvalue weighted by Crippen LogP contribution is -2.37. The number of hydrogen-bond acceptors (Lipinski definition) is 2. The molecule has 0 aromatic heterocycles. The fourth-order valence-electron chi connectivity index (χ4n) is 1.86. The van der Waals surface area contributed by atoms with E-state index in [0.29, 0.717) is 0 Å². The highest BCUT2D eigenvalue weighted by molar-refractivity contribution is 6.12. The molecule has 2 aliphatic rings. The Bertz CT molecular complexity index is 234. The van der Waals surface area contributed by atoms with Crippen molar-refractivity contribution in [3.63, 3.8) is 0 Å². The summed E-state index contributed by atoms with van der Waals surface area (Å²) in [6.45, 7) is 1.99. The number of nitrogens with zero attached hydrogens (tertiary/aromatic N) is 1. The third-order valence-corrected chi connectivity index (χ3v) is 2.77. The van der Waals surface area contributed by atoms with Gasteiger partial charge in [0.2, 0.25) is 0 Å². The Morgan fingerprint density at radius 2 is 2.36 bits per heavy atom. The molecule has 1 heterocycles. The maximum Gasteiger partial charge on any atom is 0.251 e. The van der Waals surface area contributed by atoms with E-state index in [1.807, 2.05) is 6.92 Å². The Morgan fingerprint density at radius 1 is 1.55 bits per heavy atom. The van der Waals surface area contributed by atoms with Crippen LogP contribution in [0.15, 0.2) is 5.10 Å². The van der Waals surface area contributed by atoms with Gasteiger partial charge in [-0.25, -0.2) is 5.43 Å². The molecule has 0 aromatic rings. The molecule has 1 aliphatic heterocycles. The van der Waals surface area contributed by atoms with Crippen molar-refractivity contribution in [1.29, 1.82) is 0 Å². The highest BCUT2D eigenvalue weighted by Crippen LogP contribution is 2.36. The molecule has 1 aliphatic carbocycles. The number of hydrazone groups is 1. The van der Waals surface area contributed by atoms with Gasteiger partial charge in [0.15, 0.2) is 0 Å². The van der Waals surface area contributed by atoms with Crippen LogP contribution in [0.5, 0.6) is 0 Å². The van der Waals surface area contributed by atoms with E-state index in [1.54, 1.807) is 0 Å². The summed E-state index contributed by atoms with van der Waals surface area (Å²) in [7, 11) is 0. The van der Waals surface area contributed by atoms with Crippen LogP contribution in [0.1, 0.15) is 32.6 Å². The quantitative estimate of drug-likeness (QED) is 0.554. The third kappa shape index (κ3) is 0.800. The van der Waals surface area contributed by atoms with Crippen molar-refractivity contribution in [1.82, 2.24) is 5.43 Å². The van der Waals surface area contributed by atoms with Crippen molar-refractivity contribution in [3.8, 4) is 0 Å². The van der Waals surface area contributed by atoms with Crippen LogP contribution in [0.4, 0.5) is 0 Å². The van der Waals surface area contributed by atoms with Crippen molar-refractivity contribution >= 4 is 11.6 Å². The number of carbonyl (C=O) groups excluding carboxylic acids is 1. The van der Waals surface area contributed by atoms with Crippen LogP contribution in [0.25, 0.3) is 0 Å². The zero-order valence-electron chi connectivity index (χ0n) is 6.68. The number of fused-ring (bicyclic) bond motifs is 1. The van der Waals surface area contributed by atoms with Gasteiger partial charge in [-0.05, 0) is 26.2 Å². The summed E-state index contributed by atoms with van der Waals surface area (Å²) < 4.78 is 0. The minimum atomic E-state index is -0.252. The fourth-order valence-corrected chi connectivity index (χ4v) is 1.86. The first-order valence-electron chi connectivity index (χ1n) is 4.11. The van der Waals surface area contributed by atoms with E-state index in [4.69, 9.17) is 0 Å². The Kier molecular flexibility index (Phi) is 1.28. The van der Waals surface area contributed by atoms with Gasteiger partial charge in [-0.3, -0.25) is 4.79 Å². The smallest absolute Gasteiger partial charge is 0.251 e. The van der Waals surface area contributed by atoms with Gasteiger partial charge in [-0.2, -0.15) is 5.10 Å². The second-order valence-electron chi connectivity index (χ2n) is 3.54. The van der Waals surface area contributed by atoms with Crippen LogP contribution in [0, 0.1) is 5.41 Å². The molecule has 1 saturated carbocycles. The van der Waals surface area contributed by atoms with Gasteiger partial charge < -0.3 is 0 Å². The molecule has 11 heavy (non-hydrogen) atoms. The summed E-state index contributed by atoms with van der Waals surface area (Å²) in [5.41, 5.74) is 3.36. The summed E-state index contributed by atoms with van der Waals surface area (Å²) in [5.74, 6) is 0.0900. The molecule has 0 saturated heterocycles. The van der Waals surface area contributed by atoms with E-state index in [1.165, 1.54) is 6.42 Å². The van der Waals surface area contributed by atoms with Crippen LogP contribution < -0.4 is 5.43 Å². The number of amides is 1. The van der Waals surface area contributed by atoms with Crippen molar-refractivity contribution in [2.75, 3.05) is 0 Å². The van der Waals surface area contributed by atoms with Crippen LogP contribution in [0.3, 0.4) is 0 Å². The number of hydrogen-bond donors (Lipinski definition) is 1. The van der Waals surface area contributed by atoms with Gasteiger partial charge >= 0.3 is 0 Å². The summed E-state index contributed by atoms with van der Waals surface area (Å²) in [4.78, 5) is 11.3. The van der Waals surface area contributed by atoms with E-state index < -0.39 is 0 Å². The monoisotopic (exact) mass is 152 g/mol. The predicted molar refractivity (Wildman–Crippen MR) is 42.2 cm³/mol. The molecule has 3 heteroatoms. The van der Waals surface area contributed by atoms with E-state index in [9.17, 15) is 4.79 Å². The standard InChI is InChI=1S/C8H12N2O/c1-8-5-3-2-4-6(8)9-10-7(8)11/h2-5H2,1H3,(H,10,11)/t8-/m0/s1. The van der Waals surface area contributed by atoms with E-state index in [0.717, 1.165) is 25.0 Å². The molecule has 0 aromatic carbocycles. The van der Waals surface area contributed by atoms with Gasteiger partial charge in [0, 0.05) is 0 Å². The molecule has 1 fully saturated rings. The van der Waals surface area contributed by atoms with Crippen LogP contribution >= 0.6 is 0 Å². The zero-order chi connectivity index (χ0) is 7.90. The molecule has 0 radical (unpaired) electrons. The summed E-state index contributed by atoms with van der Waals surface area (Å²) in [6.07, 6.45) is 4.30. The zero-order valence-corrected chi connectivity index (χ0v) is 6.68. The second kappa shape index (κ2) is 2.06. The molecule has 1 N–H and O–H groups in total. The average molecular weight is 152 g/mol. The van der Waals surface area contributed by atoms with Crippen molar-refractivity contribution in [2.45, 2.75) is 32.6 Å². The summed E-state index contributed by atoms with van der Waals surface area (Å²) in [5, 5.41) is 4.03. The molecule has 0 bridgehead atoms. The topological polar surface area (TPSA) is 41.5 Å². The van der Waals surface area contributed by atoms with E-state index in [-0.39, 0.29) is 11.3 Å². The maximum absolute atomic E-state index is 11.3. The predicted octanol–water partition coefficient (Wildman–Crippen LogP) is 1.05. The molecule has 0 unspecified atom stereocenters. The lowest BCUT2D eigenvalue weighted by Gasteiger charge is -2.26. The Morgan fingerprint density at radius 3 is 3.09 bits per heavy atom.